The summed E-state index contributed by atoms with van der Waals surface area (Å²) in [5.74, 6) is 0.223. The van der Waals surface area contributed by atoms with Gasteiger partial charge >= 0.3 is 11.9 Å². The van der Waals surface area contributed by atoms with Gasteiger partial charge in [-0.15, -0.1) is 11.3 Å². The van der Waals surface area contributed by atoms with Gasteiger partial charge in [0.1, 0.15) is 0 Å². The molecule has 3 N–H and O–H groups in total. The number of amides is 1. The standard InChI is InChI=1S/C10H11N3OS/c1-6-3-4-7(15-6)5-8-9(14)12-10(11)13(8)2/h3-5H,1-2H3,(H2,11,12,14)/p+1/b8-5-. The van der Waals surface area contributed by atoms with E-state index in [-0.39, 0.29) is 5.91 Å². The number of aryl methyl sites for hydroxylation is 1. The minimum Gasteiger partial charge on any atom is -0.290 e. The first-order valence-electron chi connectivity index (χ1n) is 4.53. The number of hydrogen-bond donors (Lipinski definition) is 2. The quantitative estimate of drug-likeness (QED) is 0.536. The Balaban J connectivity index is 2.39. The van der Waals surface area contributed by atoms with E-state index in [9.17, 15) is 4.79 Å². The lowest BCUT2D eigenvalue weighted by Crippen LogP contribution is -2.32. The highest BCUT2D eigenvalue weighted by Crippen LogP contribution is 2.19. The van der Waals surface area contributed by atoms with Gasteiger partial charge in [0.05, 0.1) is 7.05 Å². The highest BCUT2D eigenvalue weighted by molar-refractivity contribution is 7.12. The molecule has 2 rings (SSSR count). The van der Waals surface area contributed by atoms with E-state index in [0.717, 1.165) is 4.88 Å². The van der Waals surface area contributed by atoms with Gasteiger partial charge in [0, 0.05) is 15.8 Å². The first-order chi connectivity index (χ1) is 7.08. The van der Waals surface area contributed by atoms with E-state index in [0.29, 0.717) is 11.7 Å². The van der Waals surface area contributed by atoms with Crippen molar-refractivity contribution >= 4 is 29.3 Å². The van der Waals surface area contributed by atoms with Crippen molar-refractivity contribution in [3.63, 3.8) is 0 Å². The topological polar surface area (TPSA) is 58.1 Å². The molecule has 1 aromatic heterocycles. The third kappa shape index (κ3) is 1.78. The minimum absolute atomic E-state index is 0.152. The molecule has 1 aliphatic heterocycles. The van der Waals surface area contributed by atoms with Crippen LogP contribution in [0.4, 0.5) is 0 Å². The van der Waals surface area contributed by atoms with Crippen LogP contribution < -0.4 is 11.1 Å². The van der Waals surface area contributed by atoms with Crippen molar-refractivity contribution in [2.75, 3.05) is 7.05 Å². The van der Waals surface area contributed by atoms with Crippen molar-refractivity contribution in [2.45, 2.75) is 6.92 Å². The monoisotopic (exact) mass is 222 g/mol. The van der Waals surface area contributed by atoms with Crippen molar-refractivity contribution in [1.29, 1.82) is 0 Å². The molecule has 5 heteroatoms. The Morgan fingerprint density at radius 2 is 2.27 bits per heavy atom. The molecule has 0 atom stereocenters. The Morgan fingerprint density at radius 3 is 2.73 bits per heavy atom. The SMILES string of the molecule is Cc1ccc(/C=C2/C(=O)NC(N)=[N+]2C)s1. The number of nitrogens with two attached hydrogens (primary N) is 1. The average Bonchev–Trinajstić information content (AvgIpc) is 2.67. The zero-order valence-corrected chi connectivity index (χ0v) is 9.39. The summed E-state index contributed by atoms with van der Waals surface area (Å²) in [6.45, 7) is 2.03. The Morgan fingerprint density at radius 1 is 1.53 bits per heavy atom. The van der Waals surface area contributed by atoms with Crippen LogP contribution in [0, 0.1) is 6.92 Å². The van der Waals surface area contributed by atoms with Crippen LogP contribution in [-0.4, -0.2) is 23.5 Å². The first-order valence-corrected chi connectivity index (χ1v) is 5.35. The fourth-order valence-corrected chi connectivity index (χ4v) is 2.19. The highest BCUT2D eigenvalue weighted by atomic mass is 32.1. The third-order valence-electron chi connectivity index (χ3n) is 2.24. The first kappa shape index (κ1) is 9.92. The van der Waals surface area contributed by atoms with E-state index >= 15 is 0 Å². The van der Waals surface area contributed by atoms with Crippen LogP contribution in [-0.2, 0) is 4.79 Å². The fraction of sp³-hybridized carbons (Fsp3) is 0.200. The molecule has 0 radical (unpaired) electrons. The summed E-state index contributed by atoms with van der Waals surface area (Å²) in [6, 6.07) is 4.01. The second-order valence-electron chi connectivity index (χ2n) is 3.38. The number of carbonyl (C=O) groups is 1. The number of guanidine groups is 1. The molecule has 0 spiro atoms. The predicted molar refractivity (Wildman–Crippen MR) is 60.6 cm³/mol. The van der Waals surface area contributed by atoms with E-state index in [1.807, 2.05) is 25.1 Å². The van der Waals surface area contributed by atoms with Crippen LogP contribution in [0.2, 0.25) is 0 Å². The van der Waals surface area contributed by atoms with Crippen LogP contribution in [0.1, 0.15) is 9.75 Å². The van der Waals surface area contributed by atoms with E-state index in [4.69, 9.17) is 5.73 Å². The molecule has 1 amide bonds. The van der Waals surface area contributed by atoms with Gasteiger partial charge in [0.25, 0.3) is 0 Å². The molecule has 0 aromatic carbocycles. The number of likely N-dealkylation sites (N-methyl/N-ethyl adjacent to an activating group) is 1. The lowest BCUT2D eigenvalue weighted by molar-refractivity contribution is -0.432. The summed E-state index contributed by atoms with van der Waals surface area (Å²) in [5.41, 5.74) is 6.17. The molecule has 0 fully saturated rings. The molecule has 15 heavy (non-hydrogen) atoms. The maximum absolute atomic E-state index is 11.5. The Hall–Kier alpha value is -1.62. The van der Waals surface area contributed by atoms with Gasteiger partial charge in [-0.3, -0.25) is 5.73 Å². The largest absolute Gasteiger partial charge is 0.356 e. The zero-order valence-electron chi connectivity index (χ0n) is 8.57. The van der Waals surface area contributed by atoms with Gasteiger partial charge in [-0.05, 0) is 19.1 Å². The number of hydrogen-bond acceptors (Lipinski definition) is 3. The maximum atomic E-state index is 11.5. The van der Waals surface area contributed by atoms with Crippen molar-refractivity contribution in [3.05, 3.63) is 27.6 Å². The minimum atomic E-state index is -0.152. The molecule has 2 heterocycles. The lowest BCUT2D eigenvalue weighted by Gasteiger charge is -1.93. The summed E-state index contributed by atoms with van der Waals surface area (Å²) in [6.07, 6.45) is 1.84. The number of carbonyl (C=O) groups excluding carboxylic acids is 1. The molecule has 1 aromatic rings. The van der Waals surface area contributed by atoms with Crippen molar-refractivity contribution in [2.24, 2.45) is 5.73 Å². The number of rotatable bonds is 1. The summed E-state index contributed by atoms with van der Waals surface area (Å²) in [4.78, 5) is 13.8. The lowest BCUT2D eigenvalue weighted by atomic mass is 10.3. The molecule has 0 unspecified atom stereocenters. The molecule has 0 saturated carbocycles. The smallest absolute Gasteiger partial charge is 0.290 e. The molecule has 78 valence electrons. The zero-order chi connectivity index (χ0) is 11.0. The molecular formula is C10H12N3OS+. The van der Waals surface area contributed by atoms with Gasteiger partial charge in [0.15, 0.2) is 5.70 Å². The van der Waals surface area contributed by atoms with Gasteiger partial charge in [-0.2, -0.15) is 0 Å². The van der Waals surface area contributed by atoms with Gasteiger partial charge in [-0.1, -0.05) is 0 Å². The third-order valence-corrected chi connectivity index (χ3v) is 3.18. The van der Waals surface area contributed by atoms with E-state index in [1.54, 1.807) is 23.0 Å². The highest BCUT2D eigenvalue weighted by Gasteiger charge is 2.28. The molecule has 1 aliphatic rings. The van der Waals surface area contributed by atoms with Crippen molar-refractivity contribution < 1.29 is 9.37 Å². The summed E-state index contributed by atoms with van der Waals surface area (Å²) in [5, 5.41) is 2.56. The molecule has 0 bridgehead atoms. The van der Waals surface area contributed by atoms with Crippen molar-refractivity contribution in [3.8, 4) is 0 Å². The Bertz CT molecular complexity index is 485. The molecule has 4 nitrogen and oxygen atoms in total. The molecule has 0 saturated heterocycles. The number of nitrogens with one attached hydrogen (secondary N) is 1. The van der Waals surface area contributed by atoms with E-state index in [1.165, 1.54) is 4.88 Å². The van der Waals surface area contributed by atoms with Gasteiger partial charge in [0.2, 0.25) is 0 Å². The second-order valence-corrected chi connectivity index (χ2v) is 4.70. The van der Waals surface area contributed by atoms with Crippen LogP contribution in [0.15, 0.2) is 17.8 Å². The van der Waals surface area contributed by atoms with Gasteiger partial charge < -0.3 is 0 Å². The van der Waals surface area contributed by atoms with E-state index in [2.05, 4.69) is 5.32 Å². The Labute approximate surface area is 91.7 Å². The van der Waals surface area contributed by atoms with Crippen LogP contribution in [0.3, 0.4) is 0 Å². The summed E-state index contributed by atoms with van der Waals surface area (Å²) < 4.78 is 1.65. The maximum Gasteiger partial charge on any atom is 0.356 e. The number of nitrogens with zero attached hydrogens (tertiary/aromatic N) is 1. The molecular weight excluding hydrogens is 210 g/mol. The fourth-order valence-electron chi connectivity index (χ4n) is 1.37. The summed E-state index contributed by atoms with van der Waals surface area (Å²) >= 11 is 1.65. The van der Waals surface area contributed by atoms with Crippen molar-refractivity contribution in [1.82, 2.24) is 5.32 Å². The van der Waals surface area contributed by atoms with E-state index < -0.39 is 0 Å². The number of thiophene rings is 1. The van der Waals surface area contributed by atoms with Gasteiger partial charge in [-0.25, -0.2) is 14.7 Å². The summed E-state index contributed by atoms with van der Waals surface area (Å²) in [7, 11) is 1.76. The van der Waals surface area contributed by atoms with Crippen LogP contribution in [0.5, 0.6) is 0 Å². The normalized spacial score (nSPS) is 18.8. The van der Waals surface area contributed by atoms with Crippen LogP contribution in [0.25, 0.3) is 6.08 Å². The second kappa shape index (κ2) is 3.51. The van der Waals surface area contributed by atoms with Crippen LogP contribution >= 0.6 is 11.3 Å². The predicted octanol–water partition coefficient (Wildman–Crippen LogP) is 0.484. The molecule has 0 aliphatic carbocycles. The Kier molecular flexibility index (Phi) is 2.32. The average molecular weight is 222 g/mol.